The highest BCUT2D eigenvalue weighted by molar-refractivity contribution is 7.91. The molecule has 0 aliphatic carbocycles. The fourth-order valence-corrected chi connectivity index (χ4v) is 5.16. The number of carbonyl (C=O) groups is 2. The lowest BCUT2D eigenvalue weighted by Crippen LogP contribution is -2.33. The summed E-state index contributed by atoms with van der Waals surface area (Å²) >= 11 is 0. The van der Waals surface area contributed by atoms with Gasteiger partial charge in [0, 0.05) is 30.9 Å². The molecule has 0 atom stereocenters. The number of hydrogen-bond acceptors (Lipinski definition) is 5. The van der Waals surface area contributed by atoms with Gasteiger partial charge in [-0.15, -0.1) is 0 Å². The molecule has 0 bridgehead atoms. The molecule has 4 rings (SSSR count). The zero-order chi connectivity index (χ0) is 19.9. The van der Waals surface area contributed by atoms with Crippen LogP contribution < -0.4 is 4.90 Å². The highest BCUT2D eigenvalue weighted by Gasteiger charge is 2.31. The highest BCUT2D eigenvalue weighted by Crippen LogP contribution is 2.36. The quantitative estimate of drug-likeness (QED) is 0.851. The van der Waals surface area contributed by atoms with E-state index in [4.69, 9.17) is 5.11 Å². The number of carboxylic acid groups (broad SMARTS) is 1. The third kappa shape index (κ3) is 3.24. The van der Waals surface area contributed by atoms with Crippen LogP contribution in [0.3, 0.4) is 0 Å². The Labute approximate surface area is 163 Å². The molecule has 2 aromatic rings. The fourth-order valence-electron chi connectivity index (χ4n) is 3.72. The molecule has 1 amide bonds. The van der Waals surface area contributed by atoms with E-state index in [-0.39, 0.29) is 28.7 Å². The van der Waals surface area contributed by atoms with E-state index in [0.29, 0.717) is 30.0 Å². The summed E-state index contributed by atoms with van der Waals surface area (Å²) in [6.45, 7) is 1.66. The molecular formula is C20H20N2O5S. The Kier molecular flexibility index (Phi) is 4.58. The number of rotatable bonds is 3. The zero-order valence-corrected chi connectivity index (χ0v) is 16.0. The van der Waals surface area contributed by atoms with Gasteiger partial charge in [0.05, 0.1) is 21.9 Å². The molecule has 1 fully saturated rings. The summed E-state index contributed by atoms with van der Waals surface area (Å²) in [7, 11) is -3.49. The van der Waals surface area contributed by atoms with E-state index in [9.17, 15) is 18.0 Å². The largest absolute Gasteiger partial charge is 0.478 e. The van der Waals surface area contributed by atoms with E-state index in [1.165, 1.54) is 18.2 Å². The van der Waals surface area contributed by atoms with Gasteiger partial charge in [-0.2, -0.15) is 0 Å². The number of sulfone groups is 1. The Morgan fingerprint density at radius 2 is 1.54 bits per heavy atom. The van der Waals surface area contributed by atoms with Crippen molar-refractivity contribution in [3.63, 3.8) is 0 Å². The topological polar surface area (TPSA) is 95.0 Å². The second-order valence-corrected chi connectivity index (χ2v) is 9.08. The SMILES string of the molecule is O=C(O)c1ccc(N2CCS(=O)(=O)c3cc(C(=O)N4CCCC4)ccc32)cc1. The highest BCUT2D eigenvalue weighted by atomic mass is 32.2. The molecule has 28 heavy (non-hydrogen) atoms. The Bertz CT molecular complexity index is 1040. The summed E-state index contributed by atoms with van der Waals surface area (Å²) in [5.74, 6) is -1.22. The Hall–Kier alpha value is -2.87. The van der Waals surface area contributed by atoms with Crippen LogP contribution in [0.25, 0.3) is 0 Å². The molecule has 0 radical (unpaired) electrons. The maximum Gasteiger partial charge on any atom is 0.335 e. The number of aromatic carboxylic acids is 1. The van der Waals surface area contributed by atoms with E-state index in [2.05, 4.69) is 0 Å². The maximum atomic E-state index is 12.7. The number of likely N-dealkylation sites (tertiary alicyclic amines) is 1. The molecule has 0 spiro atoms. The van der Waals surface area contributed by atoms with Crippen LogP contribution in [0.5, 0.6) is 0 Å². The van der Waals surface area contributed by atoms with E-state index >= 15 is 0 Å². The minimum atomic E-state index is -3.49. The van der Waals surface area contributed by atoms with E-state index in [1.54, 1.807) is 29.2 Å². The monoisotopic (exact) mass is 400 g/mol. The van der Waals surface area contributed by atoms with Crippen molar-refractivity contribution in [2.24, 2.45) is 0 Å². The van der Waals surface area contributed by atoms with Crippen LogP contribution in [0.4, 0.5) is 11.4 Å². The molecule has 0 aromatic heterocycles. The molecule has 1 saturated heterocycles. The molecule has 1 N–H and O–H groups in total. The van der Waals surface area contributed by atoms with Gasteiger partial charge in [-0.3, -0.25) is 4.79 Å². The predicted octanol–water partition coefficient (Wildman–Crippen LogP) is 2.55. The number of nitrogens with zero attached hydrogens (tertiary/aromatic N) is 2. The lowest BCUT2D eigenvalue weighted by Gasteiger charge is -2.31. The number of amides is 1. The van der Waals surface area contributed by atoms with E-state index in [1.807, 2.05) is 4.90 Å². The van der Waals surface area contributed by atoms with Crippen molar-refractivity contribution < 1.29 is 23.1 Å². The van der Waals surface area contributed by atoms with E-state index < -0.39 is 15.8 Å². The Morgan fingerprint density at radius 1 is 0.893 bits per heavy atom. The summed E-state index contributed by atoms with van der Waals surface area (Å²) in [5.41, 5.74) is 1.76. The molecule has 8 heteroatoms. The average molecular weight is 400 g/mol. The first-order valence-electron chi connectivity index (χ1n) is 9.14. The van der Waals surface area contributed by atoms with E-state index in [0.717, 1.165) is 12.8 Å². The molecule has 2 aliphatic heterocycles. The molecule has 2 heterocycles. The molecule has 2 aromatic carbocycles. The number of anilines is 2. The van der Waals surface area contributed by atoms with Crippen LogP contribution in [-0.2, 0) is 9.84 Å². The molecule has 7 nitrogen and oxygen atoms in total. The van der Waals surface area contributed by atoms with Crippen molar-refractivity contribution >= 4 is 33.1 Å². The van der Waals surface area contributed by atoms with Crippen molar-refractivity contribution in [2.75, 3.05) is 30.3 Å². The zero-order valence-electron chi connectivity index (χ0n) is 15.2. The van der Waals surface area contributed by atoms with Crippen LogP contribution in [0.15, 0.2) is 47.4 Å². The van der Waals surface area contributed by atoms with Crippen LogP contribution >= 0.6 is 0 Å². The first-order valence-corrected chi connectivity index (χ1v) is 10.8. The first-order chi connectivity index (χ1) is 13.4. The van der Waals surface area contributed by atoms with Gasteiger partial charge >= 0.3 is 5.97 Å². The van der Waals surface area contributed by atoms with Crippen LogP contribution in [0.1, 0.15) is 33.6 Å². The normalized spacial score (nSPS) is 18.0. The second kappa shape index (κ2) is 6.94. The van der Waals surface area contributed by atoms with Crippen LogP contribution in [0, 0.1) is 0 Å². The van der Waals surface area contributed by atoms with Gasteiger partial charge in [0.25, 0.3) is 5.91 Å². The third-order valence-corrected chi connectivity index (χ3v) is 6.95. The van der Waals surface area contributed by atoms with Gasteiger partial charge in [0.15, 0.2) is 9.84 Å². The first kappa shape index (κ1) is 18.5. The van der Waals surface area contributed by atoms with Gasteiger partial charge in [-0.05, 0) is 55.3 Å². The number of carbonyl (C=O) groups excluding carboxylic acids is 1. The summed E-state index contributed by atoms with van der Waals surface area (Å²) < 4.78 is 25.3. The minimum Gasteiger partial charge on any atom is -0.478 e. The number of benzene rings is 2. The van der Waals surface area contributed by atoms with Crippen molar-refractivity contribution in [3.05, 3.63) is 53.6 Å². The van der Waals surface area contributed by atoms with Crippen LogP contribution in [0.2, 0.25) is 0 Å². The predicted molar refractivity (Wildman–Crippen MR) is 104 cm³/mol. The Morgan fingerprint density at radius 3 is 2.18 bits per heavy atom. The van der Waals surface area contributed by atoms with Crippen molar-refractivity contribution in [2.45, 2.75) is 17.7 Å². The van der Waals surface area contributed by atoms with Gasteiger partial charge in [-0.25, -0.2) is 13.2 Å². The average Bonchev–Trinajstić information content (AvgIpc) is 3.22. The Balaban J connectivity index is 1.72. The van der Waals surface area contributed by atoms with Gasteiger partial charge in [0.1, 0.15) is 0 Å². The smallest absolute Gasteiger partial charge is 0.335 e. The van der Waals surface area contributed by atoms with Crippen molar-refractivity contribution in [1.29, 1.82) is 0 Å². The summed E-state index contributed by atoms with van der Waals surface area (Å²) in [6.07, 6.45) is 1.93. The van der Waals surface area contributed by atoms with Gasteiger partial charge in [0.2, 0.25) is 0 Å². The minimum absolute atomic E-state index is 0.0674. The summed E-state index contributed by atoms with van der Waals surface area (Å²) in [6, 6.07) is 11.1. The van der Waals surface area contributed by atoms with Crippen molar-refractivity contribution in [3.8, 4) is 0 Å². The lowest BCUT2D eigenvalue weighted by molar-refractivity contribution is 0.0696. The molecular weight excluding hydrogens is 380 g/mol. The molecule has 146 valence electrons. The third-order valence-electron chi connectivity index (χ3n) is 5.24. The maximum absolute atomic E-state index is 12.7. The standard InChI is InChI=1S/C20H20N2O5S/c23-19(21-9-1-2-10-21)15-5-8-17-18(13-15)28(26,27)12-11-22(17)16-6-3-14(4-7-16)20(24)25/h3-8,13H,1-2,9-12H2,(H,24,25). The van der Waals surface area contributed by atoms with Crippen LogP contribution in [-0.4, -0.2) is 55.7 Å². The van der Waals surface area contributed by atoms with Gasteiger partial charge in [-0.1, -0.05) is 0 Å². The second-order valence-electron chi connectivity index (χ2n) is 7.00. The number of hydrogen-bond donors (Lipinski definition) is 1. The lowest BCUT2D eigenvalue weighted by atomic mass is 10.1. The molecule has 0 unspecified atom stereocenters. The number of carboxylic acids is 1. The summed E-state index contributed by atoms with van der Waals surface area (Å²) in [5, 5.41) is 9.06. The number of fused-ring (bicyclic) bond motifs is 1. The fraction of sp³-hybridized carbons (Fsp3) is 0.300. The van der Waals surface area contributed by atoms with Crippen molar-refractivity contribution in [1.82, 2.24) is 4.90 Å². The molecule has 0 saturated carbocycles. The molecule has 2 aliphatic rings. The summed E-state index contributed by atoms with van der Waals surface area (Å²) in [4.78, 5) is 27.4. The van der Waals surface area contributed by atoms with Gasteiger partial charge < -0.3 is 14.9 Å².